The fourth-order valence-electron chi connectivity index (χ4n) is 3.93. The summed E-state index contributed by atoms with van der Waals surface area (Å²) in [4.78, 5) is 31.1. The predicted octanol–water partition coefficient (Wildman–Crippen LogP) is 2.43. The Morgan fingerprint density at radius 1 is 1.03 bits per heavy atom. The molecule has 1 aliphatic heterocycles. The maximum Gasteiger partial charge on any atom is 0.256 e. The molecule has 0 bridgehead atoms. The molecule has 1 fully saturated rings. The van der Waals surface area contributed by atoms with Crippen LogP contribution in [0, 0.1) is 0 Å². The number of fused-ring (bicyclic) bond motifs is 1. The van der Waals surface area contributed by atoms with Crippen molar-refractivity contribution in [2.24, 2.45) is 7.05 Å². The molecule has 4 aromatic heterocycles. The van der Waals surface area contributed by atoms with Gasteiger partial charge in [-0.1, -0.05) is 0 Å². The third-order valence-corrected chi connectivity index (χ3v) is 5.88. The van der Waals surface area contributed by atoms with E-state index < -0.39 is 0 Å². The van der Waals surface area contributed by atoms with E-state index in [1.54, 1.807) is 35.4 Å². The smallest absolute Gasteiger partial charge is 0.256 e. The average molecular weight is 443 g/mol. The van der Waals surface area contributed by atoms with E-state index >= 15 is 0 Å². The van der Waals surface area contributed by atoms with Gasteiger partial charge in [-0.3, -0.25) is 19.4 Å². The van der Waals surface area contributed by atoms with Crippen molar-refractivity contribution < 1.29 is 4.79 Å². The summed E-state index contributed by atoms with van der Waals surface area (Å²) >= 11 is 0. The number of nitrogens with one attached hydrogen (secondary N) is 1. The highest BCUT2D eigenvalue weighted by Gasteiger charge is 2.16. The lowest BCUT2D eigenvalue weighted by atomic mass is 10.2. The molecule has 0 aliphatic carbocycles. The molecule has 9 heteroatoms. The van der Waals surface area contributed by atoms with Gasteiger partial charge in [-0.05, 0) is 31.3 Å². The zero-order valence-corrected chi connectivity index (χ0v) is 18.8. The molecular weight excluding hydrogens is 416 g/mol. The van der Waals surface area contributed by atoms with Crippen LogP contribution in [0.15, 0.2) is 55.1 Å². The SMILES string of the molecule is CN1CCN(Cc2cc(C(=O)Nc3cc4nc(-c5cnn(C)c5)ccc4cn3)ccn2)CC1. The Hall–Kier alpha value is -3.69. The molecule has 9 nitrogen and oxygen atoms in total. The highest BCUT2D eigenvalue weighted by molar-refractivity contribution is 6.04. The van der Waals surface area contributed by atoms with E-state index in [1.807, 2.05) is 31.4 Å². The highest BCUT2D eigenvalue weighted by atomic mass is 16.1. The Kier molecular flexibility index (Phi) is 5.80. The maximum absolute atomic E-state index is 12.9. The van der Waals surface area contributed by atoms with Crippen molar-refractivity contribution in [1.29, 1.82) is 0 Å². The molecular formula is C24H26N8O. The van der Waals surface area contributed by atoms with E-state index in [0.717, 1.165) is 60.6 Å². The quantitative estimate of drug-likeness (QED) is 0.507. The highest BCUT2D eigenvalue weighted by Crippen LogP contribution is 2.22. The summed E-state index contributed by atoms with van der Waals surface area (Å²) in [5, 5.41) is 8.01. The number of rotatable bonds is 5. The lowest BCUT2D eigenvalue weighted by molar-refractivity contribution is 0.102. The van der Waals surface area contributed by atoms with Gasteiger partial charge in [-0.2, -0.15) is 5.10 Å². The van der Waals surface area contributed by atoms with E-state index in [9.17, 15) is 4.79 Å². The van der Waals surface area contributed by atoms with Crippen LogP contribution in [0.5, 0.6) is 0 Å². The van der Waals surface area contributed by atoms with Crippen LogP contribution in [-0.4, -0.2) is 73.7 Å². The minimum Gasteiger partial charge on any atom is -0.306 e. The Labute approximate surface area is 192 Å². The fourth-order valence-corrected chi connectivity index (χ4v) is 3.93. The Morgan fingerprint density at radius 3 is 2.67 bits per heavy atom. The first kappa shape index (κ1) is 21.2. The summed E-state index contributed by atoms with van der Waals surface area (Å²) in [6.45, 7) is 4.84. The van der Waals surface area contributed by atoms with Crippen molar-refractivity contribution in [2.45, 2.75) is 6.54 Å². The van der Waals surface area contributed by atoms with E-state index in [-0.39, 0.29) is 5.91 Å². The van der Waals surface area contributed by atoms with Crippen LogP contribution in [0.25, 0.3) is 22.2 Å². The maximum atomic E-state index is 12.9. The third kappa shape index (κ3) is 4.89. The van der Waals surface area contributed by atoms with Crippen LogP contribution in [0.2, 0.25) is 0 Å². The largest absolute Gasteiger partial charge is 0.306 e. The molecule has 0 saturated carbocycles. The number of amides is 1. The molecule has 5 heterocycles. The second kappa shape index (κ2) is 9.05. The minimum absolute atomic E-state index is 0.215. The molecule has 5 rings (SSSR count). The van der Waals surface area contributed by atoms with Crippen molar-refractivity contribution >= 4 is 22.6 Å². The number of aromatic nitrogens is 5. The molecule has 0 unspecified atom stereocenters. The van der Waals surface area contributed by atoms with Crippen LogP contribution < -0.4 is 5.32 Å². The van der Waals surface area contributed by atoms with Crippen LogP contribution in [0.3, 0.4) is 0 Å². The lowest BCUT2D eigenvalue weighted by Crippen LogP contribution is -2.44. The van der Waals surface area contributed by atoms with Crippen molar-refractivity contribution in [3.63, 3.8) is 0 Å². The van der Waals surface area contributed by atoms with Gasteiger partial charge in [-0.15, -0.1) is 0 Å². The standard InChI is InChI=1S/C24H26N8O/c1-30-7-9-32(10-8-30)16-20-11-17(5-6-25-20)24(33)29-23-12-22-18(13-26-23)3-4-21(28-22)19-14-27-31(2)15-19/h3-6,11-15H,7-10,16H2,1-2H3,(H,26,29,33). The molecule has 1 saturated heterocycles. The molecule has 168 valence electrons. The first-order valence-corrected chi connectivity index (χ1v) is 11.0. The van der Waals surface area contributed by atoms with Gasteiger partial charge in [-0.25, -0.2) is 9.97 Å². The molecule has 0 atom stereocenters. The average Bonchev–Trinajstić information content (AvgIpc) is 3.26. The first-order chi connectivity index (χ1) is 16.0. The van der Waals surface area contributed by atoms with Gasteiger partial charge in [0.2, 0.25) is 0 Å². The fraction of sp³-hybridized carbons (Fsp3) is 0.292. The first-order valence-electron chi connectivity index (χ1n) is 11.0. The number of hydrogen-bond acceptors (Lipinski definition) is 7. The van der Waals surface area contributed by atoms with E-state index in [1.165, 1.54) is 0 Å². The predicted molar refractivity (Wildman–Crippen MR) is 127 cm³/mol. The van der Waals surface area contributed by atoms with Crippen LogP contribution in [0.1, 0.15) is 16.1 Å². The number of carbonyl (C=O) groups excluding carboxylic acids is 1. The molecule has 0 radical (unpaired) electrons. The van der Waals surface area contributed by atoms with E-state index in [0.29, 0.717) is 11.4 Å². The number of hydrogen-bond donors (Lipinski definition) is 1. The normalized spacial score (nSPS) is 15.1. The van der Waals surface area contributed by atoms with Gasteiger partial charge in [0.1, 0.15) is 5.82 Å². The van der Waals surface area contributed by atoms with Gasteiger partial charge >= 0.3 is 0 Å². The molecule has 1 amide bonds. The van der Waals surface area contributed by atoms with Gasteiger partial charge in [0.25, 0.3) is 5.91 Å². The molecule has 4 aromatic rings. The van der Waals surface area contributed by atoms with Crippen molar-refractivity contribution in [1.82, 2.24) is 34.5 Å². The number of pyridine rings is 3. The molecule has 1 N–H and O–H groups in total. The van der Waals surface area contributed by atoms with Crippen LogP contribution in [-0.2, 0) is 13.6 Å². The topological polar surface area (TPSA) is 92.1 Å². The number of aryl methyl sites for hydroxylation is 1. The van der Waals surface area contributed by atoms with Crippen molar-refractivity contribution in [3.05, 3.63) is 66.4 Å². The number of nitrogens with zero attached hydrogens (tertiary/aromatic N) is 7. The monoisotopic (exact) mass is 442 g/mol. The molecule has 1 aliphatic rings. The summed E-state index contributed by atoms with van der Waals surface area (Å²) in [7, 11) is 4.01. The number of anilines is 1. The summed E-state index contributed by atoms with van der Waals surface area (Å²) in [6, 6.07) is 9.28. The zero-order valence-electron chi connectivity index (χ0n) is 18.8. The Bertz CT molecular complexity index is 1290. The number of carbonyl (C=O) groups is 1. The Morgan fingerprint density at radius 2 is 1.88 bits per heavy atom. The second-order valence-electron chi connectivity index (χ2n) is 8.43. The van der Waals surface area contributed by atoms with Crippen LogP contribution in [0.4, 0.5) is 5.82 Å². The summed E-state index contributed by atoms with van der Waals surface area (Å²) < 4.78 is 1.74. The number of piperazine rings is 1. The van der Waals surface area contributed by atoms with E-state index in [2.05, 4.69) is 37.2 Å². The summed E-state index contributed by atoms with van der Waals surface area (Å²) in [5.74, 6) is 0.244. The lowest BCUT2D eigenvalue weighted by Gasteiger charge is -2.32. The molecule has 0 aromatic carbocycles. The van der Waals surface area contributed by atoms with Crippen molar-refractivity contribution in [3.8, 4) is 11.3 Å². The third-order valence-electron chi connectivity index (χ3n) is 5.88. The molecule has 33 heavy (non-hydrogen) atoms. The zero-order chi connectivity index (χ0) is 22.8. The van der Waals surface area contributed by atoms with Gasteiger partial charge in [0.15, 0.2) is 0 Å². The summed E-state index contributed by atoms with van der Waals surface area (Å²) in [5.41, 5.74) is 3.97. The minimum atomic E-state index is -0.215. The number of likely N-dealkylation sites (N-methyl/N-ethyl adjacent to an activating group) is 1. The Balaban J connectivity index is 1.31. The van der Waals surface area contributed by atoms with E-state index in [4.69, 9.17) is 4.98 Å². The van der Waals surface area contributed by atoms with Gasteiger partial charge in [0, 0.05) is 80.9 Å². The van der Waals surface area contributed by atoms with Gasteiger partial charge in [0.05, 0.1) is 23.1 Å². The second-order valence-corrected chi connectivity index (χ2v) is 8.43. The van der Waals surface area contributed by atoms with Crippen molar-refractivity contribution in [2.75, 3.05) is 38.5 Å². The van der Waals surface area contributed by atoms with Gasteiger partial charge < -0.3 is 10.2 Å². The summed E-state index contributed by atoms with van der Waals surface area (Å²) in [6.07, 6.45) is 7.11. The molecule has 0 spiro atoms. The van der Waals surface area contributed by atoms with Crippen LogP contribution >= 0.6 is 0 Å².